The smallest absolute Gasteiger partial charge is 0.313 e. The fourth-order valence-electron chi connectivity index (χ4n) is 1.18. The topological polar surface area (TPSA) is 138 Å². The SMILES string of the molecule is O=c1[nH]cc(S(=O)(=O)Nc2ccnc(Cl)n2)c(=O)[nH]1. The minimum absolute atomic E-state index is 0.106. The lowest BCUT2D eigenvalue weighted by molar-refractivity contribution is 0.598. The van der Waals surface area contributed by atoms with Crippen molar-refractivity contribution >= 4 is 27.4 Å². The summed E-state index contributed by atoms with van der Waals surface area (Å²) >= 11 is 5.50. The quantitative estimate of drug-likeness (QED) is 0.641. The first-order valence-corrected chi connectivity index (χ1v) is 6.58. The summed E-state index contributed by atoms with van der Waals surface area (Å²) in [5.41, 5.74) is -1.86. The third-order valence-electron chi connectivity index (χ3n) is 1.94. The molecule has 100 valence electrons. The highest BCUT2D eigenvalue weighted by atomic mass is 35.5. The second-order valence-electron chi connectivity index (χ2n) is 3.25. The van der Waals surface area contributed by atoms with Gasteiger partial charge in [0, 0.05) is 12.4 Å². The Hall–Kier alpha value is -2.20. The van der Waals surface area contributed by atoms with Crippen molar-refractivity contribution in [1.82, 2.24) is 19.9 Å². The number of nitrogens with one attached hydrogen (secondary N) is 3. The van der Waals surface area contributed by atoms with Crippen molar-refractivity contribution in [2.75, 3.05) is 4.72 Å². The Morgan fingerprint density at radius 1 is 1.32 bits per heavy atom. The average Bonchev–Trinajstić information content (AvgIpc) is 2.27. The normalized spacial score (nSPS) is 11.2. The van der Waals surface area contributed by atoms with E-state index in [2.05, 4.69) is 15.0 Å². The molecule has 0 aromatic carbocycles. The first-order valence-electron chi connectivity index (χ1n) is 4.72. The molecule has 0 aliphatic heterocycles. The summed E-state index contributed by atoms with van der Waals surface area (Å²) in [4.78, 5) is 32.6. The molecule has 19 heavy (non-hydrogen) atoms. The number of rotatable bonds is 3. The van der Waals surface area contributed by atoms with E-state index in [0.29, 0.717) is 0 Å². The molecule has 0 radical (unpaired) electrons. The standard InChI is InChI=1S/C8H6ClN5O4S/c9-7-10-2-1-5(12-7)14-19(17,18)4-3-11-8(16)13-6(4)15/h1-3H,(H,10,12,14)(H2,11,13,15,16). The molecule has 0 spiro atoms. The van der Waals surface area contributed by atoms with Gasteiger partial charge in [-0.2, -0.15) is 4.98 Å². The van der Waals surface area contributed by atoms with Crippen LogP contribution in [0.2, 0.25) is 5.28 Å². The lowest BCUT2D eigenvalue weighted by Crippen LogP contribution is -2.29. The van der Waals surface area contributed by atoms with Gasteiger partial charge in [-0.1, -0.05) is 0 Å². The van der Waals surface area contributed by atoms with Gasteiger partial charge in [0.15, 0.2) is 4.90 Å². The predicted octanol–water partition coefficient (Wildman–Crippen LogP) is -0.693. The molecule has 9 nitrogen and oxygen atoms in total. The number of halogens is 1. The molecule has 2 heterocycles. The number of aromatic amines is 2. The number of aromatic nitrogens is 4. The lowest BCUT2D eigenvalue weighted by atomic mass is 10.6. The highest BCUT2D eigenvalue weighted by Crippen LogP contribution is 2.10. The summed E-state index contributed by atoms with van der Waals surface area (Å²) in [7, 11) is -4.19. The zero-order valence-electron chi connectivity index (χ0n) is 9.05. The Morgan fingerprint density at radius 2 is 2.05 bits per heavy atom. The lowest BCUT2D eigenvalue weighted by Gasteiger charge is -2.05. The molecule has 0 saturated carbocycles. The predicted molar refractivity (Wildman–Crippen MR) is 65.5 cm³/mol. The average molecular weight is 304 g/mol. The number of H-pyrrole nitrogens is 2. The number of hydrogen-bond donors (Lipinski definition) is 3. The van der Waals surface area contributed by atoms with Crippen LogP contribution < -0.4 is 16.0 Å². The summed E-state index contributed by atoms with van der Waals surface area (Å²) in [6.45, 7) is 0. The molecule has 0 fully saturated rings. The molecule has 0 unspecified atom stereocenters. The Morgan fingerprint density at radius 3 is 2.68 bits per heavy atom. The Labute approximate surface area is 110 Å². The summed E-state index contributed by atoms with van der Waals surface area (Å²) in [5.74, 6) is -0.106. The van der Waals surface area contributed by atoms with E-state index < -0.39 is 26.2 Å². The monoisotopic (exact) mass is 303 g/mol. The minimum atomic E-state index is -4.19. The van der Waals surface area contributed by atoms with E-state index in [4.69, 9.17) is 11.6 Å². The van der Waals surface area contributed by atoms with Crippen molar-refractivity contribution in [1.29, 1.82) is 0 Å². The van der Waals surface area contributed by atoms with Gasteiger partial charge in [0.1, 0.15) is 5.82 Å². The van der Waals surface area contributed by atoms with E-state index in [0.717, 1.165) is 6.20 Å². The molecular weight excluding hydrogens is 298 g/mol. The second-order valence-corrected chi connectivity index (χ2v) is 5.24. The van der Waals surface area contributed by atoms with Crippen LogP contribution in [0.5, 0.6) is 0 Å². The maximum atomic E-state index is 11.9. The molecule has 0 aliphatic rings. The van der Waals surface area contributed by atoms with Gasteiger partial charge in [-0.3, -0.25) is 14.5 Å². The third kappa shape index (κ3) is 2.98. The first kappa shape index (κ1) is 13.2. The van der Waals surface area contributed by atoms with Gasteiger partial charge in [0.2, 0.25) is 5.28 Å². The van der Waals surface area contributed by atoms with E-state index in [9.17, 15) is 18.0 Å². The summed E-state index contributed by atoms with van der Waals surface area (Å²) < 4.78 is 25.8. The van der Waals surface area contributed by atoms with Crippen LogP contribution in [0.25, 0.3) is 0 Å². The molecule has 0 amide bonds. The van der Waals surface area contributed by atoms with Gasteiger partial charge >= 0.3 is 5.69 Å². The minimum Gasteiger partial charge on any atom is -0.313 e. The Kier molecular flexibility index (Phi) is 3.36. The summed E-state index contributed by atoms with van der Waals surface area (Å²) in [6, 6.07) is 1.25. The highest BCUT2D eigenvalue weighted by molar-refractivity contribution is 7.92. The molecular formula is C8H6ClN5O4S. The maximum absolute atomic E-state index is 11.9. The Balaban J connectivity index is 2.43. The van der Waals surface area contributed by atoms with E-state index in [1.807, 2.05) is 4.72 Å². The van der Waals surface area contributed by atoms with Crippen LogP contribution in [-0.2, 0) is 10.0 Å². The van der Waals surface area contributed by atoms with Gasteiger partial charge in [-0.15, -0.1) is 0 Å². The van der Waals surface area contributed by atoms with Gasteiger partial charge in [-0.05, 0) is 17.7 Å². The van der Waals surface area contributed by atoms with Crippen LogP contribution in [0, 0.1) is 0 Å². The molecule has 0 saturated heterocycles. The number of hydrogen-bond acceptors (Lipinski definition) is 6. The zero-order chi connectivity index (χ0) is 14.0. The van der Waals surface area contributed by atoms with Crippen molar-refractivity contribution < 1.29 is 8.42 Å². The highest BCUT2D eigenvalue weighted by Gasteiger charge is 2.19. The van der Waals surface area contributed by atoms with Crippen LogP contribution in [-0.4, -0.2) is 28.4 Å². The van der Waals surface area contributed by atoms with Gasteiger partial charge in [0.25, 0.3) is 15.6 Å². The van der Waals surface area contributed by atoms with Crippen LogP contribution >= 0.6 is 11.6 Å². The summed E-state index contributed by atoms with van der Waals surface area (Å²) in [5, 5.41) is -0.157. The van der Waals surface area contributed by atoms with Gasteiger partial charge < -0.3 is 4.98 Å². The van der Waals surface area contributed by atoms with E-state index in [-0.39, 0.29) is 11.1 Å². The molecule has 0 atom stereocenters. The van der Waals surface area contributed by atoms with Crippen LogP contribution in [0.1, 0.15) is 0 Å². The molecule has 0 aliphatic carbocycles. The van der Waals surface area contributed by atoms with Crippen LogP contribution in [0.15, 0.2) is 32.9 Å². The van der Waals surface area contributed by atoms with Gasteiger partial charge in [-0.25, -0.2) is 18.2 Å². The Bertz CT molecular complexity index is 827. The number of nitrogens with zero attached hydrogens (tertiary/aromatic N) is 2. The fourth-order valence-corrected chi connectivity index (χ4v) is 2.34. The molecule has 3 N–H and O–H groups in total. The molecule has 11 heteroatoms. The van der Waals surface area contributed by atoms with E-state index in [1.165, 1.54) is 12.3 Å². The summed E-state index contributed by atoms with van der Waals surface area (Å²) in [6.07, 6.45) is 2.02. The maximum Gasteiger partial charge on any atom is 0.325 e. The van der Waals surface area contributed by atoms with Crippen molar-refractivity contribution in [3.63, 3.8) is 0 Å². The number of anilines is 1. The van der Waals surface area contributed by atoms with Crippen molar-refractivity contribution in [3.8, 4) is 0 Å². The molecule has 2 rings (SSSR count). The van der Waals surface area contributed by atoms with Crippen LogP contribution in [0.4, 0.5) is 5.82 Å². The number of sulfonamides is 1. The van der Waals surface area contributed by atoms with Crippen molar-refractivity contribution in [3.05, 3.63) is 44.6 Å². The van der Waals surface area contributed by atoms with Crippen molar-refractivity contribution in [2.24, 2.45) is 0 Å². The molecule has 0 bridgehead atoms. The van der Waals surface area contributed by atoms with Crippen LogP contribution in [0.3, 0.4) is 0 Å². The van der Waals surface area contributed by atoms with E-state index >= 15 is 0 Å². The first-order chi connectivity index (χ1) is 8.88. The van der Waals surface area contributed by atoms with Crippen molar-refractivity contribution in [2.45, 2.75) is 4.90 Å². The molecule has 2 aromatic heterocycles. The molecule has 2 aromatic rings. The largest absolute Gasteiger partial charge is 0.325 e. The third-order valence-corrected chi connectivity index (χ3v) is 3.48. The van der Waals surface area contributed by atoms with Gasteiger partial charge in [0.05, 0.1) is 0 Å². The zero-order valence-corrected chi connectivity index (χ0v) is 10.6. The second kappa shape index (κ2) is 4.82. The fraction of sp³-hybridized carbons (Fsp3) is 0. The van der Waals surface area contributed by atoms with E-state index in [1.54, 1.807) is 4.98 Å².